The number of carbonyl (C=O) groups excluding carboxylic acids is 2. The Morgan fingerprint density at radius 3 is 2.39 bits per heavy atom. The summed E-state index contributed by atoms with van der Waals surface area (Å²) in [6, 6.07) is 13.2. The molecule has 1 saturated heterocycles. The van der Waals surface area contributed by atoms with E-state index >= 15 is 0 Å². The number of anilines is 2. The number of piperazine rings is 1. The van der Waals surface area contributed by atoms with Crippen molar-refractivity contribution >= 4 is 23.2 Å². The smallest absolute Gasteiger partial charge is 0.255 e. The van der Waals surface area contributed by atoms with Crippen LogP contribution in [0.3, 0.4) is 0 Å². The Hall–Kier alpha value is -2.89. The molecule has 2 aromatic carbocycles. The number of unbranched alkanes of at least 4 members (excludes halogenated alkanes) is 1. The maximum Gasteiger partial charge on any atom is 0.255 e. The number of carbonyl (C=O) groups is 2. The van der Waals surface area contributed by atoms with Gasteiger partial charge in [0.2, 0.25) is 5.91 Å². The van der Waals surface area contributed by atoms with Crippen LogP contribution in [0.1, 0.15) is 36.5 Å². The molecule has 148 valence electrons. The molecular formula is C22H26FN3O2. The highest BCUT2D eigenvalue weighted by molar-refractivity contribution is 6.04. The number of amides is 2. The first-order valence-electron chi connectivity index (χ1n) is 9.76. The lowest BCUT2D eigenvalue weighted by atomic mass is 10.2. The minimum absolute atomic E-state index is 0.247. The lowest BCUT2D eigenvalue weighted by Gasteiger charge is -2.36. The van der Waals surface area contributed by atoms with Crippen LogP contribution in [0, 0.1) is 5.82 Å². The van der Waals surface area contributed by atoms with Gasteiger partial charge >= 0.3 is 0 Å². The van der Waals surface area contributed by atoms with E-state index < -0.39 is 5.82 Å². The molecule has 1 aliphatic heterocycles. The third kappa shape index (κ3) is 5.09. The first-order chi connectivity index (χ1) is 13.6. The first kappa shape index (κ1) is 19.9. The van der Waals surface area contributed by atoms with Crippen molar-refractivity contribution in [2.45, 2.75) is 26.2 Å². The van der Waals surface area contributed by atoms with Crippen molar-refractivity contribution in [1.82, 2.24) is 4.90 Å². The third-order valence-corrected chi connectivity index (χ3v) is 4.95. The van der Waals surface area contributed by atoms with Gasteiger partial charge in [-0.2, -0.15) is 0 Å². The average molecular weight is 383 g/mol. The molecule has 0 unspecified atom stereocenters. The van der Waals surface area contributed by atoms with Crippen molar-refractivity contribution < 1.29 is 14.0 Å². The van der Waals surface area contributed by atoms with E-state index in [2.05, 4.69) is 17.1 Å². The van der Waals surface area contributed by atoms with Crippen LogP contribution in [0.25, 0.3) is 0 Å². The highest BCUT2D eigenvalue weighted by Crippen LogP contribution is 2.20. The molecule has 1 heterocycles. The minimum atomic E-state index is -0.435. The van der Waals surface area contributed by atoms with Crippen LogP contribution < -0.4 is 10.2 Å². The molecule has 1 aliphatic rings. The molecule has 2 amide bonds. The molecule has 3 rings (SSSR count). The van der Waals surface area contributed by atoms with Gasteiger partial charge in [-0.25, -0.2) is 4.39 Å². The number of rotatable bonds is 6. The van der Waals surface area contributed by atoms with Gasteiger partial charge in [0.15, 0.2) is 0 Å². The fraction of sp³-hybridized carbons (Fsp3) is 0.364. The number of nitrogens with one attached hydrogen (secondary N) is 1. The topological polar surface area (TPSA) is 52.7 Å². The van der Waals surface area contributed by atoms with Crippen LogP contribution in [0.15, 0.2) is 48.5 Å². The molecule has 0 aliphatic carbocycles. The number of nitrogens with zero attached hydrogens (tertiary/aromatic N) is 2. The van der Waals surface area contributed by atoms with Crippen LogP contribution >= 0.6 is 0 Å². The molecule has 5 nitrogen and oxygen atoms in total. The van der Waals surface area contributed by atoms with Crippen molar-refractivity contribution in [2.24, 2.45) is 0 Å². The van der Waals surface area contributed by atoms with Crippen molar-refractivity contribution in [1.29, 1.82) is 0 Å². The summed E-state index contributed by atoms with van der Waals surface area (Å²) in [5.41, 5.74) is 2.00. The summed E-state index contributed by atoms with van der Waals surface area (Å²) in [4.78, 5) is 28.5. The molecule has 0 saturated carbocycles. The second-order valence-corrected chi connectivity index (χ2v) is 6.98. The second kappa shape index (κ2) is 9.35. The van der Waals surface area contributed by atoms with Gasteiger partial charge in [-0.15, -0.1) is 0 Å². The summed E-state index contributed by atoms with van der Waals surface area (Å²) in [5.74, 6) is -0.529. The zero-order chi connectivity index (χ0) is 19.9. The Bertz CT molecular complexity index is 815. The fourth-order valence-corrected chi connectivity index (χ4v) is 3.29. The van der Waals surface area contributed by atoms with Crippen molar-refractivity contribution in [3.05, 3.63) is 59.9 Å². The molecule has 1 fully saturated rings. The van der Waals surface area contributed by atoms with Gasteiger partial charge in [-0.05, 0) is 48.9 Å². The lowest BCUT2D eigenvalue weighted by molar-refractivity contribution is -0.131. The largest absolute Gasteiger partial charge is 0.368 e. The molecular weight excluding hydrogens is 357 g/mol. The molecule has 0 radical (unpaired) electrons. The van der Waals surface area contributed by atoms with Gasteiger partial charge in [0.1, 0.15) is 5.82 Å². The Morgan fingerprint density at radius 2 is 1.75 bits per heavy atom. The molecule has 1 N–H and O–H groups in total. The Balaban J connectivity index is 1.53. The number of hydrogen-bond donors (Lipinski definition) is 1. The quantitative estimate of drug-likeness (QED) is 0.823. The van der Waals surface area contributed by atoms with Crippen LogP contribution in [0.2, 0.25) is 0 Å². The van der Waals surface area contributed by atoms with Gasteiger partial charge in [0, 0.05) is 49.5 Å². The molecule has 0 aromatic heterocycles. The highest BCUT2D eigenvalue weighted by Gasteiger charge is 2.20. The monoisotopic (exact) mass is 383 g/mol. The van der Waals surface area contributed by atoms with Crippen LogP contribution in [-0.2, 0) is 4.79 Å². The van der Waals surface area contributed by atoms with E-state index in [0.717, 1.165) is 44.7 Å². The van der Waals surface area contributed by atoms with Crippen LogP contribution in [0.4, 0.5) is 15.8 Å². The predicted octanol–water partition coefficient (Wildman–Crippen LogP) is 3.92. The summed E-state index contributed by atoms with van der Waals surface area (Å²) < 4.78 is 13.3. The molecule has 2 aromatic rings. The molecule has 0 spiro atoms. The van der Waals surface area contributed by atoms with Crippen molar-refractivity contribution in [2.75, 3.05) is 36.4 Å². The second-order valence-electron chi connectivity index (χ2n) is 6.98. The maximum absolute atomic E-state index is 13.3. The first-order valence-corrected chi connectivity index (χ1v) is 9.76. The van der Waals surface area contributed by atoms with Crippen molar-refractivity contribution in [3.63, 3.8) is 0 Å². The Kier molecular flexibility index (Phi) is 6.63. The van der Waals surface area contributed by atoms with E-state index in [1.165, 1.54) is 18.2 Å². The predicted molar refractivity (Wildman–Crippen MR) is 109 cm³/mol. The zero-order valence-corrected chi connectivity index (χ0v) is 16.2. The molecule has 0 atom stereocenters. The maximum atomic E-state index is 13.3. The normalized spacial score (nSPS) is 14.1. The molecule has 28 heavy (non-hydrogen) atoms. The number of halogens is 1. The van der Waals surface area contributed by atoms with E-state index in [1.807, 2.05) is 29.2 Å². The third-order valence-electron chi connectivity index (χ3n) is 4.95. The van der Waals surface area contributed by atoms with Crippen LogP contribution in [-0.4, -0.2) is 42.9 Å². The molecule has 6 heteroatoms. The van der Waals surface area contributed by atoms with Crippen molar-refractivity contribution in [3.8, 4) is 0 Å². The van der Waals surface area contributed by atoms with Gasteiger partial charge in [0.05, 0.1) is 0 Å². The van der Waals surface area contributed by atoms with Gasteiger partial charge in [-0.3, -0.25) is 9.59 Å². The summed E-state index contributed by atoms with van der Waals surface area (Å²) in [6.45, 7) is 5.16. The van der Waals surface area contributed by atoms with Crippen LogP contribution in [0.5, 0.6) is 0 Å². The van der Waals surface area contributed by atoms with E-state index in [9.17, 15) is 14.0 Å². The summed E-state index contributed by atoms with van der Waals surface area (Å²) >= 11 is 0. The van der Waals surface area contributed by atoms with Gasteiger partial charge in [-0.1, -0.05) is 19.4 Å². The SMILES string of the molecule is CCCCC(=O)N1CCN(c2ccc(NC(=O)c3cccc(F)c3)cc2)CC1. The van der Waals surface area contributed by atoms with E-state index in [4.69, 9.17) is 0 Å². The van der Waals surface area contributed by atoms with Gasteiger partial charge < -0.3 is 15.1 Å². The minimum Gasteiger partial charge on any atom is -0.368 e. The molecule has 0 bridgehead atoms. The van der Waals surface area contributed by atoms with E-state index in [1.54, 1.807) is 6.07 Å². The summed E-state index contributed by atoms with van der Waals surface area (Å²) in [7, 11) is 0. The highest BCUT2D eigenvalue weighted by atomic mass is 19.1. The number of hydrogen-bond acceptors (Lipinski definition) is 3. The summed E-state index contributed by atoms with van der Waals surface area (Å²) in [6.07, 6.45) is 2.62. The Morgan fingerprint density at radius 1 is 1.04 bits per heavy atom. The summed E-state index contributed by atoms with van der Waals surface area (Å²) in [5, 5.41) is 2.78. The van der Waals surface area contributed by atoms with Gasteiger partial charge in [0.25, 0.3) is 5.91 Å². The number of benzene rings is 2. The fourth-order valence-electron chi connectivity index (χ4n) is 3.29. The average Bonchev–Trinajstić information content (AvgIpc) is 2.72. The standard InChI is InChI=1S/C22H26FN3O2/c1-2-3-7-21(27)26-14-12-25(13-15-26)20-10-8-19(9-11-20)24-22(28)17-5-4-6-18(23)16-17/h4-6,8-11,16H,2-3,7,12-15H2,1H3,(H,24,28). The van der Waals surface area contributed by atoms with E-state index in [0.29, 0.717) is 12.1 Å². The van der Waals surface area contributed by atoms with E-state index in [-0.39, 0.29) is 17.4 Å². The lowest BCUT2D eigenvalue weighted by Crippen LogP contribution is -2.48. The Labute approximate surface area is 165 Å². The zero-order valence-electron chi connectivity index (χ0n) is 16.2.